The van der Waals surface area contributed by atoms with Crippen LogP contribution in [-0.4, -0.2) is 65.6 Å². The monoisotopic (exact) mass is 402 g/mol. The fraction of sp³-hybridized carbons (Fsp3) is 0.682. The first kappa shape index (κ1) is 20.6. The lowest BCUT2D eigenvalue weighted by Crippen LogP contribution is -2.38. The molecule has 0 radical (unpaired) electrons. The molecule has 2 aromatic rings. The number of nitrogens with zero attached hydrogens (tertiary/aromatic N) is 4. The predicted molar refractivity (Wildman–Crippen MR) is 111 cm³/mol. The molecule has 0 bridgehead atoms. The molecule has 0 saturated carbocycles. The second-order valence-electron chi connectivity index (χ2n) is 8.12. The first-order valence-electron chi connectivity index (χ1n) is 11.0. The Morgan fingerprint density at radius 2 is 2.00 bits per heavy atom. The molecule has 7 nitrogen and oxygen atoms in total. The van der Waals surface area contributed by atoms with Crippen molar-refractivity contribution in [1.82, 2.24) is 19.6 Å². The summed E-state index contributed by atoms with van der Waals surface area (Å²) in [4.78, 5) is 4.97. The molecule has 2 aliphatic heterocycles. The van der Waals surface area contributed by atoms with Crippen molar-refractivity contribution < 1.29 is 13.9 Å². The van der Waals surface area contributed by atoms with E-state index in [9.17, 15) is 0 Å². The van der Waals surface area contributed by atoms with Gasteiger partial charge in [0.25, 0.3) is 0 Å². The van der Waals surface area contributed by atoms with Gasteiger partial charge in [-0.2, -0.15) is 5.10 Å². The second-order valence-corrected chi connectivity index (χ2v) is 8.12. The Labute approximate surface area is 173 Å². The van der Waals surface area contributed by atoms with Crippen LogP contribution >= 0.6 is 0 Å². The van der Waals surface area contributed by atoms with Crippen molar-refractivity contribution in [3.63, 3.8) is 0 Å². The predicted octanol–water partition coefficient (Wildman–Crippen LogP) is 3.21. The molecule has 160 valence electrons. The van der Waals surface area contributed by atoms with Gasteiger partial charge < -0.3 is 13.9 Å². The molecule has 0 unspecified atom stereocenters. The van der Waals surface area contributed by atoms with Crippen molar-refractivity contribution in [3.8, 4) is 0 Å². The SMILES string of the molecule is Cc1ccc(CN(CCCN2CCOCC2)Cc2ccnn2[C@H]2CCCCO2)o1. The van der Waals surface area contributed by atoms with E-state index in [0.29, 0.717) is 0 Å². The van der Waals surface area contributed by atoms with Crippen LogP contribution in [0.3, 0.4) is 0 Å². The molecule has 4 heterocycles. The Kier molecular flexibility index (Phi) is 7.38. The molecular weight excluding hydrogens is 368 g/mol. The molecule has 0 N–H and O–H groups in total. The van der Waals surface area contributed by atoms with E-state index in [0.717, 1.165) is 89.9 Å². The molecule has 7 heteroatoms. The number of furan rings is 1. The molecule has 1 atom stereocenters. The van der Waals surface area contributed by atoms with Gasteiger partial charge in [0.15, 0.2) is 6.23 Å². The Bertz CT molecular complexity index is 732. The van der Waals surface area contributed by atoms with E-state index in [1.165, 1.54) is 12.1 Å². The van der Waals surface area contributed by atoms with Gasteiger partial charge in [0, 0.05) is 39.0 Å². The molecule has 0 spiro atoms. The van der Waals surface area contributed by atoms with E-state index in [1.54, 1.807) is 0 Å². The smallest absolute Gasteiger partial charge is 0.150 e. The average Bonchev–Trinajstić information content (AvgIpc) is 3.38. The summed E-state index contributed by atoms with van der Waals surface area (Å²) in [6, 6.07) is 6.26. The number of aryl methyl sites for hydroxylation is 1. The molecule has 4 rings (SSSR count). The quantitative estimate of drug-likeness (QED) is 0.642. The molecule has 0 amide bonds. The summed E-state index contributed by atoms with van der Waals surface area (Å²) in [7, 11) is 0. The van der Waals surface area contributed by atoms with Gasteiger partial charge in [-0.15, -0.1) is 0 Å². The minimum atomic E-state index is 0.0785. The van der Waals surface area contributed by atoms with Crippen molar-refractivity contribution in [3.05, 3.63) is 41.6 Å². The molecule has 2 saturated heterocycles. The number of rotatable bonds is 9. The molecular formula is C22H34N4O3. The lowest BCUT2D eigenvalue weighted by molar-refractivity contribution is -0.0422. The molecule has 0 aliphatic carbocycles. The third kappa shape index (κ3) is 5.92. The van der Waals surface area contributed by atoms with E-state index in [2.05, 4.69) is 31.7 Å². The number of ether oxygens (including phenoxy) is 2. The minimum absolute atomic E-state index is 0.0785. The van der Waals surface area contributed by atoms with Gasteiger partial charge in [0.2, 0.25) is 0 Å². The van der Waals surface area contributed by atoms with E-state index < -0.39 is 0 Å². The van der Waals surface area contributed by atoms with Crippen LogP contribution < -0.4 is 0 Å². The van der Waals surface area contributed by atoms with Crippen LogP contribution in [0.4, 0.5) is 0 Å². The van der Waals surface area contributed by atoms with Crippen molar-refractivity contribution in [2.24, 2.45) is 0 Å². The van der Waals surface area contributed by atoms with Gasteiger partial charge in [-0.3, -0.25) is 9.80 Å². The highest BCUT2D eigenvalue weighted by molar-refractivity contribution is 5.07. The third-order valence-corrected chi connectivity index (χ3v) is 5.79. The van der Waals surface area contributed by atoms with E-state index in [1.807, 2.05) is 19.2 Å². The molecule has 2 aliphatic rings. The van der Waals surface area contributed by atoms with Crippen LogP contribution in [0, 0.1) is 6.92 Å². The van der Waals surface area contributed by atoms with Crippen LogP contribution in [-0.2, 0) is 22.6 Å². The highest BCUT2D eigenvalue weighted by Crippen LogP contribution is 2.24. The molecule has 2 aromatic heterocycles. The zero-order valence-corrected chi connectivity index (χ0v) is 17.6. The Hall–Kier alpha value is -1.67. The van der Waals surface area contributed by atoms with Gasteiger partial charge in [0.1, 0.15) is 11.5 Å². The highest BCUT2D eigenvalue weighted by Gasteiger charge is 2.21. The Balaban J connectivity index is 1.38. The van der Waals surface area contributed by atoms with Gasteiger partial charge in [-0.25, -0.2) is 4.68 Å². The summed E-state index contributed by atoms with van der Waals surface area (Å²) in [6.45, 7) is 10.4. The molecule has 29 heavy (non-hydrogen) atoms. The maximum absolute atomic E-state index is 5.97. The summed E-state index contributed by atoms with van der Waals surface area (Å²) >= 11 is 0. The third-order valence-electron chi connectivity index (χ3n) is 5.79. The summed E-state index contributed by atoms with van der Waals surface area (Å²) in [5, 5.41) is 4.58. The van der Waals surface area contributed by atoms with Crippen LogP contribution in [0.2, 0.25) is 0 Å². The van der Waals surface area contributed by atoms with Crippen molar-refractivity contribution in [2.75, 3.05) is 46.0 Å². The maximum Gasteiger partial charge on any atom is 0.150 e. The molecule has 0 aromatic carbocycles. The summed E-state index contributed by atoms with van der Waals surface area (Å²) in [6.07, 6.45) is 6.51. The Morgan fingerprint density at radius 1 is 1.10 bits per heavy atom. The fourth-order valence-corrected chi connectivity index (χ4v) is 4.22. The first-order chi connectivity index (χ1) is 14.3. The first-order valence-corrected chi connectivity index (χ1v) is 11.0. The van der Waals surface area contributed by atoms with Crippen LogP contribution in [0.1, 0.15) is 49.1 Å². The largest absolute Gasteiger partial charge is 0.465 e. The zero-order chi connectivity index (χ0) is 19.9. The molecule has 2 fully saturated rings. The lowest BCUT2D eigenvalue weighted by Gasteiger charge is -2.29. The van der Waals surface area contributed by atoms with Crippen LogP contribution in [0.15, 0.2) is 28.8 Å². The maximum atomic E-state index is 5.97. The Morgan fingerprint density at radius 3 is 2.76 bits per heavy atom. The minimum Gasteiger partial charge on any atom is -0.465 e. The van der Waals surface area contributed by atoms with Gasteiger partial charge in [0.05, 0.1) is 25.5 Å². The normalized spacial score (nSPS) is 21.1. The van der Waals surface area contributed by atoms with E-state index in [-0.39, 0.29) is 6.23 Å². The fourth-order valence-electron chi connectivity index (χ4n) is 4.22. The van der Waals surface area contributed by atoms with Crippen molar-refractivity contribution >= 4 is 0 Å². The van der Waals surface area contributed by atoms with Crippen LogP contribution in [0.25, 0.3) is 0 Å². The highest BCUT2D eigenvalue weighted by atomic mass is 16.5. The number of hydrogen-bond donors (Lipinski definition) is 0. The van der Waals surface area contributed by atoms with Crippen molar-refractivity contribution in [2.45, 2.75) is 51.9 Å². The standard InChI is InChI=1S/C22H34N4O3/c1-19-6-7-21(29-19)18-25(11-4-10-24-12-15-27-16-13-24)17-20-8-9-23-26(20)22-5-2-3-14-28-22/h6-9,22H,2-5,10-18H2,1H3/t22-/m1/s1. The summed E-state index contributed by atoms with van der Waals surface area (Å²) < 4.78 is 19.4. The van der Waals surface area contributed by atoms with Gasteiger partial charge in [-0.05, 0) is 57.4 Å². The topological polar surface area (TPSA) is 55.9 Å². The van der Waals surface area contributed by atoms with Crippen LogP contribution in [0.5, 0.6) is 0 Å². The van der Waals surface area contributed by atoms with E-state index >= 15 is 0 Å². The number of aromatic nitrogens is 2. The number of morpholine rings is 1. The van der Waals surface area contributed by atoms with Crippen molar-refractivity contribution in [1.29, 1.82) is 0 Å². The number of hydrogen-bond acceptors (Lipinski definition) is 6. The second kappa shape index (κ2) is 10.4. The zero-order valence-electron chi connectivity index (χ0n) is 17.6. The van der Waals surface area contributed by atoms with E-state index in [4.69, 9.17) is 13.9 Å². The van der Waals surface area contributed by atoms with Gasteiger partial charge >= 0.3 is 0 Å². The van der Waals surface area contributed by atoms with Gasteiger partial charge in [-0.1, -0.05) is 0 Å². The average molecular weight is 403 g/mol. The lowest BCUT2D eigenvalue weighted by atomic mass is 10.2. The summed E-state index contributed by atoms with van der Waals surface area (Å²) in [5.41, 5.74) is 1.21. The summed E-state index contributed by atoms with van der Waals surface area (Å²) in [5.74, 6) is 1.99.